The summed E-state index contributed by atoms with van der Waals surface area (Å²) >= 11 is 0. The molecule has 0 aromatic heterocycles. The first-order chi connectivity index (χ1) is 13.3. The zero-order valence-corrected chi connectivity index (χ0v) is 17.1. The van der Waals surface area contributed by atoms with E-state index in [1.54, 1.807) is 0 Å². The fourth-order valence-corrected chi connectivity index (χ4v) is 3.03. The van der Waals surface area contributed by atoms with Crippen molar-refractivity contribution in [3.63, 3.8) is 0 Å². The smallest absolute Gasteiger partial charge is 0.438 e. The molecule has 9 nitrogen and oxygen atoms in total. The maximum atomic E-state index is 12.2. The highest BCUT2D eigenvalue weighted by Crippen LogP contribution is 2.17. The fourth-order valence-electron chi connectivity index (χ4n) is 3.03. The molecule has 1 unspecified atom stereocenters. The van der Waals surface area contributed by atoms with Crippen molar-refractivity contribution in [2.45, 2.75) is 96.6 Å². The highest BCUT2D eigenvalue weighted by atomic mass is 16.8. The third-order valence-electron chi connectivity index (χ3n) is 4.38. The van der Waals surface area contributed by atoms with Crippen LogP contribution in [0.25, 0.3) is 0 Å². The number of alkyl carbamates (subject to hydrolysis) is 1. The molecule has 1 saturated heterocycles. The Morgan fingerprint density at radius 2 is 1.93 bits per heavy atom. The molecule has 2 amide bonds. The Hall–Kier alpha value is -2.03. The lowest BCUT2D eigenvalue weighted by Gasteiger charge is -2.22. The first-order valence-electron chi connectivity index (χ1n) is 10.1. The molecule has 1 radical (unpaired) electrons. The summed E-state index contributed by atoms with van der Waals surface area (Å²) in [6.45, 7) is 6.54. The summed E-state index contributed by atoms with van der Waals surface area (Å²) < 4.78 is 14.7. The van der Waals surface area contributed by atoms with Gasteiger partial charge in [0.05, 0.1) is 0 Å². The van der Waals surface area contributed by atoms with Gasteiger partial charge in [0, 0.05) is 19.0 Å². The monoisotopic (exact) mass is 400 g/mol. The SMILES string of the molecule is CCCCCC[C@@H](CC(N)CCC)NC(=O)O[CH][C@H]1OC(=O)O[C@H]1NC(C)=O. The summed E-state index contributed by atoms with van der Waals surface area (Å²) in [4.78, 5) is 34.5. The van der Waals surface area contributed by atoms with Gasteiger partial charge in [-0.05, 0) is 19.3 Å². The van der Waals surface area contributed by atoms with Gasteiger partial charge in [-0.3, -0.25) is 4.79 Å². The molecule has 0 bridgehead atoms. The van der Waals surface area contributed by atoms with Gasteiger partial charge in [-0.2, -0.15) is 0 Å². The van der Waals surface area contributed by atoms with Gasteiger partial charge >= 0.3 is 12.2 Å². The van der Waals surface area contributed by atoms with E-state index in [0.29, 0.717) is 6.42 Å². The Balaban J connectivity index is 2.48. The lowest BCUT2D eigenvalue weighted by Crippen LogP contribution is -2.43. The number of ether oxygens (including phenoxy) is 3. The van der Waals surface area contributed by atoms with Gasteiger partial charge in [0.1, 0.15) is 0 Å². The van der Waals surface area contributed by atoms with Crippen molar-refractivity contribution >= 4 is 18.2 Å². The molecular weight excluding hydrogens is 366 g/mol. The molecule has 1 aliphatic heterocycles. The highest BCUT2D eigenvalue weighted by molar-refractivity contribution is 5.74. The molecule has 28 heavy (non-hydrogen) atoms. The number of amides is 2. The average molecular weight is 400 g/mol. The molecule has 4 N–H and O–H groups in total. The van der Waals surface area contributed by atoms with Gasteiger partial charge in [-0.15, -0.1) is 0 Å². The Morgan fingerprint density at radius 3 is 2.57 bits per heavy atom. The van der Waals surface area contributed by atoms with Gasteiger partial charge < -0.3 is 30.6 Å². The second kappa shape index (κ2) is 13.2. The van der Waals surface area contributed by atoms with E-state index in [2.05, 4.69) is 24.5 Å². The van der Waals surface area contributed by atoms with Gasteiger partial charge in [-0.1, -0.05) is 46.0 Å². The van der Waals surface area contributed by atoms with Crippen molar-refractivity contribution in [2.24, 2.45) is 5.73 Å². The van der Waals surface area contributed by atoms with Crippen LogP contribution in [0, 0.1) is 6.61 Å². The molecule has 1 fully saturated rings. The summed E-state index contributed by atoms with van der Waals surface area (Å²) in [5.74, 6) is -0.400. The molecule has 0 saturated carbocycles. The number of cyclic esters (lactones) is 2. The predicted octanol–water partition coefficient (Wildman–Crippen LogP) is 2.73. The van der Waals surface area contributed by atoms with Crippen LogP contribution < -0.4 is 16.4 Å². The second-order valence-corrected chi connectivity index (χ2v) is 7.09. The molecule has 4 atom stereocenters. The minimum absolute atomic E-state index is 0.0128. The number of unbranched alkanes of at least 4 members (excludes halogenated alkanes) is 3. The number of carbonyl (C=O) groups is 3. The Morgan fingerprint density at radius 1 is 1.18 bits per heavy atom. The number of nitrogens with one attached hydrogen (secondary N) is 2. The molecule has 0 aromatic rings. The van der Waals surface area contributed by atoms with E-state index in [4.69, 9.17) is 19.9 Å². The van der Waals surface area contributed by atoms with E-state index in [1.807, 2.05) is 0 Å². The molecule has 1 rings (SSSR count). The molecule has 161 valence electrons. The topological polar surface area (TPSA) is 129 Å². The van der Waals surface area contributed by atoms with Gasteiger partial charge in [-0.25, -0.2) is 9.59 Å². The quantitative estimate of drug-likeness (QED) is 0.320. The maximum absolute atomic E-state index is 12.2. The van der Waals surface area contributed by atoms with Crippen LogP contribution in [0.3, 0.4) is 0 Å². The Kier molecular flexibility index (Phi) is 11.3. The van der Waals surface area contributed by atoms with Crippen LogP contribution in [0.1, 0.15) is 72.1 Å². The van der Waals surface area contributed by atoms with E-state index in [9.17, 15) is 14.4 Å². The summed E-state index contributed by atoms with van der Waals surface area (Å²) in [6, 6.07) is -0.0772. The van der Waals surface area contributed by atoms with E-state index in [1.165, 1.54) is 6.92 Å². The molecule has 0 aromatic carbocycles. The van der Waals surface area contributed by atoms with E-state index in [-0.39, 0.29) is 12.1 Å². The minimum Gasteiger partial charge on any atom is -0.438 e. The number of hydrogen-bond donors (Lipinski definition) is 3. The van der Waals surface area contributed by atoms with Crippen LogP contribution in [0.5, 0.6) is 0 Å². The predicted molar refractivity (Wildman–Crippen MR) is 103 cm³/mol. The largest absolute Gasteiger partial charge is 0.510 e. The van der Waals surface area contributed by atoms with Crippen LogP contribution in [0.2, 0.25) is 0 Å². The average Bonchev–Trinajstić information content (AvgIpc) is 2.95. The maximum Gasteiger partial charge on any atom is 0.510 e. The third-order valence-corrected chi connectivity index (χ3v) is 4.38. The van der Waals surface area contributed by atoms with Crippen molar-refractivity contribution in [1.82, 2.24) is 10.6 Å². The number of nitrogens with two attached hydrogens (primary N) is 1. The van der Waals surface area contributed by atoms with Crippen LogP contribution in [0.15, 0.2) is 0 Å². The second-order valence-electron chi connectivity index (χ2n) is 7.09. The van der Waals surface area contributed by atoms with Crippen molar-refractivity contribution in [1.29, 1.82) is 0 Å². The van der Waals surface area contributed by atoms with Crippen LogP contribution >= 0.6 is 0 Å². The van der Waals surface area contributed by atoms with Crippen molar-refractivity contribution in [3.05, 3.63) is 6.61 Å². The summed E-state index contributed by atoms with van der Waals surface area (Å²) in [5, 5.41) is 5.23. The molecule has 1 heterocycles. The third kappa shape index (κ3) is 9.77. The number of rotatable bonds is 13. The normalized spacial score (nSPS) is 20.6. The Labute approximate surface area is 167 Å². The zero-order chi connectivity index (χ0) is 20.9. The van der Waals surface area contributed by atoms with Crippen molar-refractivity contribution < 1.29 is 28.6 Å². The summed E-state index contributed by atoms with van der Waals surface area (Å²) in [6.07, 6.45) is 4.14. The van der Waals surface area contributed by atoms with Crippen LogP contribution in [0.4, 0.5) is 9.59 Å². The molecule has 0 spiro atoms. The minimum atomic E-state index is -1.03. The molecule has 9 heteroatoms. The first-order valence-corrected chi connectivity index (χ1v) is 10.1. The lowest BCUT2D eigenvalue weighted by molar-refractivity contribution is -0.121. The number of hydrogen-bond acceptors (Lipinski definition) is 7. The van der Waals surface area contributed by atoms with Gasteiger partial charge in [0.2, 0.25) is 18.2 Å². The lowest BCUT2D eigenvalue weighted by atomic mass is 9.98. The first kappa shape index (κ1) is 24.0. The van der Waals surface area contributed by atoms with E-state index in [0.717, 1.165) is 51.6 Å². The molecular formula is C19H34N3O6. The van der Waals surface area contributed by atoms with E-state index < -0.39 is 30.5 Å². The van der Waals surface area contributed by atoms with Gasteiger partial charge in [0.15, 0.2) is 6.61 Å². The Bertz CT molecular complexity index is 502. The van der Waals surface area contributed by atoms with Crippen LogP contribution in [-0.4, -0.2) is 42.6 Å². The highest BCUT2D eigenvalue weighted by Gasteiger charge is 2.39. The summed E-state index contributed by atoms with van der Waals surface area (Å²) in [7, 11) is 0. The summed E-state index contributed by atoms with van der Waals surface area (Å²) in [5.41, 5.74) is 6.13. The van der Waals surface area contributed by atoms with E-state index >= 15 is 0 Å². The number of carbonyl (C=O) groups excluding carboxylic acids is 3. The molecule has 0 aliphatic carbocycles. The zero-order valence-electron chi connectivity index (χ0n) is 17.1. The molecule has 1 aliphatic rings. The fraction of sp³-hybridized carbons (Fsp3) is 0.789. The van der Waals surface area contributed by atoms with Gasteiger partial charge in [0.25, 0.3) is 0 Å². The van der Waals surface area contributed by atoms with Crippen LogP contribution in [-0.2, 0) is 19.0 Å². The van der Waals surface area contributed by atoms with Crippen molar-refractivity contribution in [2.75, 3.05) is 0 Å². The standard InChI is InChI=1S/C19H34N3O6/c1-4-6-7-8-10-15(11-14(20)9-5-2)22-18(24)26-12-16-17(21-13(3)23)28-19(25)27-16/h12,14-17H,4-11,20H2,1-3H3,(H,21,23)(H,22,24)/t14?,15-,16+,17+/m0/s1. The van der Waals surface area contributed by atoms with Crippen molar-refractivity contribution in [3.8, 4) is 0 Å².